The van der Waals surface area contributed by atoms with Crippen molar-refractivity contribution in [3.63, 3.8) is 0 Å². The highest BCUT2D eigenvalue weighted by Gasteiger charge is 2.61. The SMILES string of the molecule is O=C1[C@@H]2[C@@H](C(=O)N1c1ccccc1Oc1c(F)c(F)c(Oc3ccccc3N3C(=O)[C@@H]4[C@H](C3=O)[C@@H]3C=C[C@H]4C3)c(F)c1F)[C@H]1C=C[C@H]2C1. The number of imide groups is 2. The Labute approximate surface area is 270 Å². The third-order valence-corrected chi connectivity index (χ3v) is 10.8. The lowest BCUT2D eigenvalue weighted by Crippen LogP contribution is -2.33. The molecule has 2 heterocycles. The second kappa shape index (κ2) is 10.1. The van der Waals surface area contributed by atoms with Gasteiger partial charge in [0.25, 0.3) is 0 Å². The van der Waals surface area contributed by atoms with Crippen LogP contribution in [0.15, 0.2) is 72.8 Å². The second-order valence-corrected chi connectivity index (χ2v) is 13.1. The fraction of sp³-hybridized carbons (Fsp3) is 0.278. The zero-order valence-electron chi connectivity index (χ0n) is 24.8. The van der Waals surface area contributed by atoms with Crippen LogP contribution in [0.1, 0.15) is 12.8 Å². The van der Waals surface area contributed by atoms with Crippen LogP contribution in [0.2, 0.25) is 0 Å². The van der Waals surface area contributed by atoms with E-state index in [0.717, 1.165) is 9.80 Å². The van der Waals surface area contributed by atoms with Gasteiger partial charge in [0.15, 0.2) is 11.5 Å². The van der Waals surface area contributed by atoms with E-state index in [2.05, 4.69) is 0 Å². The van der Waals surface area contributed by atoms with Crippen LogP contribution in [0, 0.1) is 70.6 Å². The van der Waals surface area contributed by atoms with Gasteiger partial charge in [0.05, 0.1) is 35.0 Å². The van der Waals surface area contributed by atoms with E-state index >= 15 is 17.6 Å². The van der Waals surface area contributed by atoms with Gasteiger partial charge in [0, 0.05) is 0 Å². The number of hydrogen-bond acceptors (Lipinski definition) is 6. The third-order valence-electron chi connectivity index (χ3n) is 10.8. The Kier molecular flexibility index (Phi) is 6.10. The van der Waals surface area contributed by atoms with Crippen LogP contribution in [-0.2, 0) is 19.2 Å². The first-order valence-electron chi connectivity index (χ1n) is 15.7. The highest BCUT2D eigenvalue weighted by Crippen LogP contribution is 2.56. The van der Waals surface area contributed by atoms with Crippen molar-refractivity contribution in [1.82, 2.24) is 0 Å². The zero-order valence-corrected chi connectivity index (χ0v) is 24.8. The van der Waals surface area contributed by atoms with Gasteiger partial charge in [-0.25, -0.2) is 9.80 Å². The molecule has 3 aromatic carbocycles. The molecule has 8 atom stereocenters. The number of anilines is 2. The predicted molar refractivity (Wildman–Crippen MR) is 160 cm³/mol. The highest BCUT2D eigenvalue weighted by atomic mass is 19.2. The number of nitrogens with zero attached hydrogens (tertiary/aromatic N) is 2. The van der Waals surface area contributed by atoms with Gasteiger partial charge in [0.2, 0.25) is 58.4 Å². The predicted octanol–water partition coefficient (Wildman–Crippen LogP) is 6.45. The molecule has 2 saturated carbocycles. The largest absolute Gasteiger partial charge is 0.449 e. The third kappa shape index (κ3) is 3.76. The van der Waals surface area contributed by atoms with Gasteiger partial charge in [-0.05, 0) is 60.8 Å². The van der Waals surface area contributed by atoms with E-state index in [4.69, 9.17) is 9.47 Å². The maximum atomic E-state index is 15.6. The lowest BCUT2D eigenvalue weighted by Gasteiger charge is -2.22. The van der Waals surface area contributed by atoms with E-state index in [-0.39, 0.29) is 46.5 Å². The molecule has 4 aliphatic carbocycles. The average molecular weight is 657 g/mol. The summed E-state index contributed by atoms with van der Waals surface area (Å²) in [6.07, 6.45) is 9.03. The van der Waals surface area contributed by atoms with Gasteiger partial charge in [-0.3, -0.25) is 19.2 Å². The van der Waals surface area contributed by atoms with E-state index in [0.29, 0.717) is 12.8 Å². The Morgan fingerprint density at radius 3 is 1.08 bits per heavy atom. The van der Waals surface area contributed by atoms with Crippen molar-refractivity contribution >= 4 is 35.0 Å². The van der Waals surface area contributed by atoms with Gasteiger partial charge < -0.3 is 9.47 Å². The Hall–Kier alpha value is -5.26. The molecule has 2 aliphatic heterocycles. The molecule has 9 rings (SSSR count). The summed E-state index contributed by atoms with van der Waals surface area (Å²) in [5, 5.41) is 0. The molecule has 0 spiro atoms. The molecular weight excluding hydrogens is 632 g/mol. The van der Waals surface area contributed by atoms with Crippen LogP contribution >= 0.6 is 0 Å². The van der Waals surface area contributed by atoms with E-state index < -0.39 is 82.1 Å². The van der Waals surface area contributed by atoms with Crippen molar-refractivity contribution in [2.75, 3.05) is 9.80 Å². The molecular formula is C36H24F4N2O6. The Balaban J connectivity index is 1.03. The molecule has 0 aromatic heterocycles. The Morgan fingerprint density at radius 1 is 0.479 bits per heavy atom. The maximum Gasteiger partial charge on any atom is 0.238 e. The molecule has 4 amide bonds. The van der Waals surface area contributed by atoms with Crippen LogP contribution in [0.25, 0.3) is 0 Å². The summed E-state index contributed by atoms with van der Waals surface area (Å²) in [6, 6.07) is 10.9. The summed E-state index contributed by atoms with van der Waals surface area (Å²) in [7, 11) is 0. The molecule has 4 bridgehead atoms. The molecule has 0 radical (unpaired) electrons. The highest BCUT2D eigenvalue weighted by molar-refractivity contribution is 6.24. The summed E-state index contributed by atoms with van der Waals surface area (Å²) >= 11 is 0. The maximum absolute atomic E-state index is 15.6. The number of amides is 4. The normalized spacial score (nSPS) is 30.7. The minimum Gasteiger partial charge on any atom is -0.449 e. The van der Waals surface area contributed by atoms with Crippen LogP contribution in [-0.4, -0.2) is 23.6 Å². The van der Waals surface area contributed by atoms with Crippen LogP contribution < -0.4 is 19.3 Å². The lowest BCUT2D eigenvalue weighted by molar-refractivity contribution is -0.124. The molecule has 12 heteroatoms. The number of ether oxygens (including phenoxy) is 2. The van der Waals surface area contributed by atoms with Crippen molar-refractivity contribution in [2.24, 2.45) is 47.3 Å². The lowest BCUT2D eigenvalue weighted by atomic mass is 9.85. The molecule has 6 aliphatic rings. The van der Waals surface area contributed by atoms with Gasteiger partial charge in [0.1, 0.15) is 0 Å². The van der Waals surface area contributed by atoms with Crippen molar-refractivity contribution < 1.29 is 46.2 Å². The molecule has 2 saturated heterocycles. The van der Waals surface area contributed by atoms with Gasteiger partial charge in [-0.2, -0.15) is 17.6 Å². The number of para-hydroxylation sites is 4. The molecule has 0 unspecified atom stereocenters. The molecule has 0 N–H and O–H groups in total. The molecule has 48 heavy (non-hydrogen) atoms. The fourth-order valence-electron chi connectivity index (χ4n) is 8.73. The van der Waals surface area contributed by atoms with Crippen LogP contribution in [0.4, 0.5) is 28.9 Å². The van der Waals surface area contributed by atoms with Crippen molar-refractivity contribution in [3.8, 4) is 23.0 Å². The summed E-state index contributed by atoms with van der Waals surface area (Å²) in [5.74, 6) is -16.1. The average Bonchev–Trinajstić information content (AvgIpc) is 3.94. The van der Waals surface area contributed by atoms with Crippen molar-refractivity contribution in [3.05, 3.63) is 96.1 Å². The number of carbonyl (C=O) groups excluding carboxylic acids is 4. The minimum atomic E-state index is -1.94. The Bertz CT molecular complexity index is 1830. The summed E-state index contributed by atoms with van der Waals surface area (Å²) in [5.41, 5.74) is -0.243. The monoisotopic (exact) mass is 656 g/mol. The molecule has 242 valence electrons. The van der Waals surface area contributed by atoms with Gasteiger partial charge in [-0.1, -0.05) is 48.6 Å². The number of allylic oxidation sites excluding steroid dienone is 4. The smallest absolute Gasteiger partial charge is 0.238 e. The topological polar surface area (TPSA) is 93.2 Å². The standard InChI is InChI=1S/C36H24F4N2O6/c37-27-29(39)32(48-22-8-4-2-6-20(22)42-35(45)25-17-11-12-18(14-17)26(25)36(42)46)30(40)28(38)31(27)47-21-7-3-1-5-19(21)41-33(43)23-15-9-10-16(13-15)24(23)34(41)44/h1-12,15-18,23-26H,13-14H2/t15-,16-,17-,18+,23-,24-,25-,26+/m0/s1. The minimum absolute atomic E-state index is 0.0984. The van der Waals surface area contributed by atoms with Crippen LogP contribution in [0.5, 0.6) is 23.0 Å². The van der Waals surface area contributed by atoms with Crippen molar-refractivity contribution in [1.29, 1.82) is 0 Å². The van der Waals surface area contributed by atoms with E-state index in [1.165, 1.54) is 48.5 Å². The number of rotatable bonds is 6. The number of halogens is 4. The van der Waals surface area contributed by atoms with Gasteiger partial charge >= 0.3 is 0 Å². The number of carbonyl (C=O) groups is 4. The molecule has 4 fully saturated rings. The quantitative estimate of drug-likeness (QED) is 0.131. The van der Waals surface area contributed by atoms with E-state index in [1.54, 1.807) is 0 Å². The fourth-order valence-corrected chi connectivity index (χ4v) is 8.73. The van der Waals surface area contributed by atoms with E-state index in [1.807, 2.05) is 24.3 Å². The van der Waals surface area contributed by atoms with Gasteiger partial charge in [-0.15, -0.1) is 0 Å². The number of fused-ring (bicyclic) bond motifs is 10. The summed E-state index contributed by atoms with van der Waals surface area (Å²) < 4.78 is 73.0. The van der Waals surface area contributed by atoms with Crippen molar-refractivity contribution in [2.45, 2.75) is 12.8 Å². The first-order valence-corrected chi connectivity index (χ1v) is 15.7. The molecule has 3 aromatic rings. The molecule has 8 nitrogen and oxygen atoms in total. The second-order valence-electron chi connectivity index (χ2n) is 13.1. The first-order chi connectivity index (χ1) is 23.2. The Morgan fingerprint density at radius 2 is 0.771 bits per heavy atom. The zero-order chi connectivity index (χ0) is 33.2. The summed E-state index contributed by atoms with van der Waals surface area (Å²) in [4.78, 5) is 55.4. The summed E-state index contributed by atoms with van der Waals surface area (Å²) in [6.45, 7) is 0. The van der Waals surface area contributed by atoms with E-state index in [9.17, 15) is 19.2 Å². The first kappa shape index (κ1) is 28.9. The van der Waals surface area contributed by atoms with Crippen LogP contribution in [0.3, 0.4) is 0 Å². The number of hydrogen-bond donors (Lipinski definition) is 0. The number of benzene rings is 3.